The Morgan fingerprint density at radius 2 is 1.60 bits per heavy atom. The van der Waals surface area contributed by atoms with Crippen LogP contribution >= 0.6 is 0 Å². The molecular weight excluding hydrogens is 312 g/mol. The largest absolute Gasteiger partial charge is 0.398 e. The molecule has 3 rings (SSSR count). The summed E-state index contributed by atoms with van der Waals surface area (Å²) in [6.07, 6.45) is 2.79. The number of nitrogens with two attached hydrogens (primary N) is 1. The topological polar surface area (TPSA) is 69.2 Å². The van der Waals surface area contributed by atoms with Crippen molar-refractivity contribution in [3.63, 3.8) is 0 Å². The first-order chi connectivity index (χ1) is 12.1. The van der Waals surface area contributed by atoms with Gasteiger partial charge in [-0.3, -0.25) is 10.1 Å². The Morgan fingerprint density at radius 1 is 0.960 bits per heavy atom. The summed E-state index contributed by atoms with van der Waals surface area (Å²) in [5.41, 5.74) is 10.4. The fourth-order valence-corrected chi connectivity index (χ4v) is 2.73. The summed E-state index contributed by atoms with van der Waals surface area (Å²) >= 11 is 0. The minimum Gasteiger partial charge on any atom is -0.398 e. The van der Waals surface area contributed by atoms with E-state index in [2.05, 4.69) is 18.2 Å². The van der Waals surface area contributed by atoms with Crippen LogP contribution in [-0.2, 0) is 6.42 Å². The lowest BCUT2D eigenvalue weighted by molar-refractivity contribution is -0.384. The molecule has 0 saturated heterocycles. The van der Waals surface area contributed by atoms with Gasteiger partial charge in [-0.05, 0) is 29.2 Å². The van der Waals surface area contributed by atoms with E-state index in [-0.39, 0.29) is 5.69 Å². The van der Waals surface area contributed by atoms with E-state index in [9.17, 15) is 10.1 Å². The molecule has 0 aliphatic heterocycles. The summed E-state index contributed by atoms with van der Waals surface area (Å²) in [6, 6.07) is 24.4. The van der Waals surface area contributed by atoms with E-state index in [4.69, 9.17) is 5.73 Å². The highest BCUT2D eigenvalue weighted by Crippen LogP contribution is 2.31. The Hall–Kier alpha value is -3.40. The fraction of sp³-hybridized carbons (Fsp3) is 0.0476. The molecule has 3 aromatic rings. The monoisotopic (exact) mass is 330 g/mol. The molecule has 25 heavy (non-hydrogen) atoms. The van der Waals surface area contributed by atoms with Gasteiger partial charge >= 0.3 is 0 Å². The summed E-state index contributed by atoms with van der Waals surface area (Å²) < 4.78 is 0. The van der Waals surface area contributed by atoms with Crippen molar-refractivity contribution in [1.82, 2.24) is 0 Å². The van der Waals surface area contributed by atoms with Gasteiger partial charge in [-0.1, -0.05) is 66.7 Å². The average molecular weight is 330 g/mol. The van der Waals surface area contributed by atoms with Gasteiger partial charge in [-0.15, -0.1) is 0 Å². The molecule has 124 valence electrons. The molecule has 0 fully saturated rings. The molecule has 0 atom stereocenters. The number of hydrogen-bond donors (Lipinski definition) is 1. The van der Waals surface area contributed by atoms with Crippen LogP contribution in [0.3, 0.4) is 0 Å². The molecule has 0 aromatic heterocycles. The summed E-state index contributed by atoms with van der Waals surface area (Å²) in [5, 5.41) is 11.1. The van der Waals surface area contributed by atoms with Crippen LogP contribution in [0.25, 0.3) is 5.57 Å². The molecule has 2 N–H and O–H groups in total. The van der Waals surface area contributed by atoms with Gasteiger partial charge in [0.05, 0.1) is 4.92 Å². The third-order valence-corrected chi connectivity index (χ3v) is 4.01. The van der Waals surface area contributed by atoms with E-state index in [1.807, 2.05) is 48.5 Å². The normalized spacial score (nSPS) is 11.3. The fourth-order valence-electron chi connectivity index (χ4n) is 2.73. The molecule has 0 aliphatic carbocycles. The number of hydrogen-bond acceptors (Lipinski definition) is 3. The molecule has 0 spiro atoms. The number of nitrogen functional groups attached to an aromatic ring is 1. The van der Waals surface area contributed by atoms with E-state index in [1.54, 1.807) is 12.1 Å². The molecular formula is C21H18N2O2. The van der Waals surface area contributed by atoms with Gasteiger partial charge in [0, 0.05) is 23.4 Å². The standard InChI is InChI=1S/C21H18N2O2/c22-21-14-12-18(23(24)25)15-20(21)19(17-9-5-2-6-10-17)13-11-16-7-3-1-4-8-16/h1-10,12-15H,11,22H2/b19-13+. The van der Waals surface area contributed by atoms with Crippen molar-refractivity contribution in [3.8, 4) is 0 Å². The van der Waals surface area contributed by atoms with Crippen LogP contribution in [0.5, 0.6) is 0 Å². The lowest BCUT2D eigenvalue weighted by Gasteiger charge is -2.12. The molecule has 3 aromatic carbocycles. The predicted molar refractivity (Wildman–Crippen MR) is 101 cm³/mol. The maximum atomic E-state index is 11.1. The summed E-state index contributed by atoms with van der Waals surface area (Å²) in [6.45, 7) is 0. The van der Waals surface area contributed by atoms with E-state index in [0.29, 0.717) is 17.7 Å². The van der Waals surface area contributed by atoms with Gasteiger partial charge in [0.2, 0.25) is 0 Å². The highest BCUT2D eigenvalue weighted by molar-refractivity contribution is 5.86. The van der Waals surface area contributed by atoms with Gasteiger partial charge in [-0.2, -0.15) is 0 Å². The van der Waals surface area contributed by atoms with Gasteiger partial charge in [0.25, 0.3) is 5.69 Å². The van der Waals surface area contributed by atoms with E-state index in [0.717, 1.165) is 11.1 Å². The number of nitro benzene ring substituents is 1. The number of non-ortho nitro benzene ring substituents is 1. The molecule has 4 nitrogen and oxygen atoms in total. The van der Waals surface area contributed by atoms with Crippen LogP contribution in [0.2, 0.25) is 0 Å². The van der Waals surface area contributed by atoms with Gasteiger partial charge < -0.3 is 5.73 Å². The van der Waals surface area contributed by atoms with Crippen LogP contribution in [0, 0.1) is 10.1 Å². The second kappa shape index (κ2) is 7.45. The minimum atomic E-state index is -0.400. The highest BCUT2D eigenvalue weighted by atomic mass is 16.6. The summed E-state index contributed by atoms with van der Waals surface area (Å²) in [7, 11) is 0. The lowest BCUT2D eigenvalue weighted by Crippen LogP contribution is -1.98. The van der Waals surface area contributed by atoms with E-state index in [1.165, 1.54) is 11.6 Å². The number of allylic oxidation sites excluding steroid dienone is 1. The molecule has 4 heteroatoms. The van der Waals surface area contributed by atoms with Crippen molar-refractivity contribution < 1.29 is 4.92 Å². The molecule has 0 heterocycles. The van der Waals surface area contributed by atoms with Crippen molar-refractivity contribution >= 4 is 16.9 Å². The van der Waals surface area contributed by atoms with Crippen LogP contribution in [0.1, 0.15) is 16.7 Å². The zero-order valence-electron chi connectivity index (χ0n) is 13.6. The Kier molecular flexibility index (Phi) is 4.90. The van der Waals surface area contributed by atoms with E-state index >= 15 is 0 Å². The van der Waals surface area contributed by atoms with Crippen molar-refractivity contribution in [2.45, 2.75) is 6.42 Å². The van der Waals surface area contributed by atoms with Crippen LogP contribution in [-0.4, -0.2) is 4.92 Å². The first-order valence-electron chi connectivity index (χ1n) is 7.99. The third-order valence-electron chi connectivity index (χ3n) is 4.01. The predicted octanol–water partition coefficient (Wildman–Crippen LogP) is 4.85. The number of nitro groups is 1. The van der Waals surface area contributed by atoms with Gasteiger partial charge in [0.15, 0.2) is 0 Å². The van der Waals surface area contributed by atoms with Crippen molar-refractivity contribution in [2.24, 2.45) is 0 Å². The maximum Gasteiger partial charge on any atom is 0.270 e. The quantitative estimate of drug-likeness (QED) is 0.413. The molecule has 0 aliphatic rings. The summed E-state index contributed by atoms with van der Waals surface area (Å²) in [5.74, 6) is 0. The van der Waals surface area contributed by atoms with Gasteiger partial charge in [0.1, 0.15) is 0 Å². The number of benzene rings is 3. The number of nitrogens with zero attached hydrogens (tertiary/aromatic N) is 1. The molecule has 0 saturated carbocycles. The zero-order valence-corrected chi connectivity index (χ0v) is 13.6. The maximum absolute atomic E-state index is 11.1. The average Bonchev–Trinajstić information content (AvgIpc) is 2.65. The molecule has 0 amide bonds. The highest BCUT2D eigenvalue weighted by Gasteiger charge is 2.14. The Balaban J connectivity index is 2.09. The third kappa shape index (κ3) is 3.93. The second-order valence-electron chi connectivity index (χ2n) is 5.70. The van der Waals surface area contributed by atoms with Crippen molar-refractivity contribution in [2.75, 3.05) is 5.73 Å². The molecule has 0 unspecified atom stereocenters. The lowest BCUT2D eigenvalue weighted by atomic mass is 9.94. The van der Waals surface area contributed by atoms with Crippen LogP contribution < -0.4 is 5.73 Å². The minimum absolute atomic E-state index is 0.0331. The first kappa shape index (κ1) is 16.5. The number of rotatable bonds is 5. The van der Waals surface area contributed by atoms with Crippen molar-refractivity contribution in [1.29, 1.82) is 0 Å². The van der Waals surface area contributed by atoms with Crippen molar-refractivity contribution in [3.05, 3.63) is 112 Å². The van der Waals surface area contributed by atoms with E-state index < -0.39 is 4.92 Å². The number of anilines is 1. The van der Waals surface area contributed by atoms with Gasteiger partial charge in [-0.25, -0.2) is 0 Å². The summed E-state index contributed by atoms with van der Waals surface area (Å²) in [4.78, 5) is 10.7. The molecule has 0 radical (unpaired) electrons. The first-order valence-corrected chi connectivity index (χ1v) is 7.99. The second-order valence-corrected chi connectivity index (χ2v) is 5.70. The van der Waals surface area contributed by atoms with Crippen LogP contribution in [0.15, 0.2) is 84.9 Å². The Bertz CT molecular complexity index is 904. The van der Waals surface area contributed by atoms with Crippen LogP contribution in [0.4, 0.5) is 11.4 Å². The smallest absolute Gasteiger partial charge is 0.270 e. The SMILES string of the molecule is Nc1ccc([N+](=O)[O-])cc1/C(=C/Cc1ccccc1)c1ccccc1. The Labute approximate surface area is 146 Å². The zero-order chi connectivity index (χ0) is 17.6. The Morgan fingerprint density at radius 3 is 2.24 bits per heavy atom. The molecule has 0 bridgehead atoms.